The van der Waals surface area contributed by atoms with Gasteiger partial charge >= 0.3 is 0 Å². The van der Waals surface area contributed by atoms with Gasteiger partial charge in [0.15, 0.2) is 33.9 Å². The standard InChI is InChI=1S/C38H38N4O3.C38H38N4O2/c1-37(2)23-29(22-30(24-37)13-12-28-14-16-33(17-15-28)42(18-20-43)19-21-44)8-7-11-35-34(27-41)36(31(25-39)26-40)45-38(35,3)32-9-5-4-6-10-32;1-5-42(20-21-43)33-18-16-28(17-19-33)14-15-30-22-29(23-37(2,3)24-30)10-9-13-35-34(27-41)36(31(25-39)26-40)44-38(35,4)32-11-7-6-8-12-32/h4-17,22,43-44H,18-21,23-24H2,1-3H3;6-19,22,43H,5,20-21,23-24H2,1-4H3/b11-7+,13-12+,29-8-;13-9+,15-14+,29-10-. The van der Waals surface area contributed by atoms with Gasteiger partial charge in [0.2, 0.25) is 0 Å². The van der Waals surface area contributed by atoms with Crippen LogP contribution < -0.4 is 9.80 Å². The molecule has 4 aliphatic rings. The summed E-state index contributed by atoms with van der Waals surface area (Å²) < 4.78 is 12.5. The van der Waals surface area contributed by atoms with Crippen molar-refractivity contribution in [3.63, 3.8) is 0 Å². The quantitative estimate of drug-likeness (QED) is 0.0743. The fourth-order valence-corrected chi connectivity index (χ4v) is 11.8. The lowest BCUT2D eigenvalue weighted by Gasteiger charge is -2.30. The van der Waals surface area contributed by atoms with E-state index in [1.165, 1.54) is 16.7 Å². The molecule has 2 unspecified atom stereocenters. The highest BCUT2D eigenvalue weighted by Gasteiger charge is 2.45. The van der Waals surface area contributed by atoms with Crippen LogP contribution in [0.4, 0.5) is 11.4 Å². The molecule has 8 rings (SSSR count). The highest BCUT2D eigenvalue weighted by molar-refractivity contribution is 5.65. The molecule has 13 nitrogen and oxygen atoms in total. The summed E-state index contributed by atoms with van der Waals surface area (Å²) in [5.74, 6) is 0.0286. The number of hydrogen-bond acceptors (Lipinski definition) is 13. The number of aliphatic hydroxyl groups excluding tert-OH is 3. The zero-order valence-electron chi connectivity index (χ0n) is 51.8. The lowest BCUT2D eigenvalue weighted by atomic mass is 9.75. The predicted octanol–water partition coefficient (Wildman–Crippen LogP) is 14.6. The summed E-state index contributed by atoms with van der Waals surface area (Å²) in [7, 11) is 0. The first-order chi connectivity index (χ1) is 42.8. The minimum atomic E-state index is -1.05. The van der Waals surface area contributed by atoms with E-state index < -0.39 is 11.2 Å². The van der Waals surface area contributed by atoms with E-state index in [0.29, 0.717) is 30.8 Å². The number of likely N-dealkylation sites (N-methyl/N-ethyl adjacent to an activating group) is 1. The molecule has 0 bridgehead atoms. The molecule has 0 aromatic heterocycles. The smallest absolute Gasteiger partial charge is 0.172 e. The molecule has 2 heterocycles. The highest BCUT2D eigenvalue weighted by atomic mass is 16.5. The third kappa shape index (κ3) is 16.5. The van der Waals surface area contributed by atoms with Crippen molar-refractivity contribution in [3.8, 4) is 36.4 Å². The Morgan fingerprint density at radius 3 is 1.17 bits per heavy atom. The van der Waals surface area contributed by atoms with Crippen molar-refractivity contribution >= 4 is 23.5 Å². The number of anilines is 2. The van der Waals surface area contributed by atoms with Gasteiger partial charge < -0.3 is 34.6 Å². The lowest BCUT2D eigenvalue weighted by molar-refractivity contribution is 0.0752. The Hall–Kier alpha value is -10.2. The molecular weight excluding hydrogens is 1100 g/mol. The van der Waals surface area contributed by atoms with Crippen LogP contribution in [0.2, 0.25) is 0 Å². The summed E-state index contributed by atoms with van der Waals surface area (Å²) in [4.78, 5) is 4.09. The van der Waals surface area contributed by atoms with E-state index in [4.69, 9.17) is 9.47 Å². The Kier molecular flexibility index (Phi) is 22.7. The summed E-state index contributed by atoms with van der Waals surface area (Å²) in [5, 5.41) is 86.3. The Labute approximate surface area is 525 Å². The molecule has 0 spiro atoms. The Morgan fingerprint density at radius 1 is 0.472 bits per heavy atom. The minimum Gasteiger partial charge on any atom is -0.474 e. The molecular formula is C76H76N8O5. The lowest BCUT2D eigenvalue weighted by Crippen LogP contribution is -2.29. The SMILES string of the molecule is CC1(C)CC(/C=C/c2ccc(N(CCO)CCO)cc2)=CC(=C/C=C/C2=C(C#N)C(=C(C#N)C#N)OC2(C)c2ccccc2)/C1.CCN(CCO)c1ccc(/C=C/C2=CC(=C/C=C/C3=C(C#N)C(=C(C#N)C#N)OC3(C)c3ccccc3)/CC(C)(C)C2)cc1. The Morgan fingerprint density at radius 2 is 0.831 bits per heavy atom. The van der Waals surface area contributed by atoms with E-state index >= 15 is 0 Å². The topological polar surface area (TPSA) is 228 Å². The van der Waals surface area contributed by atoms with E-state index in [0.717, 1.165) is 71.4 Å². The first-order valence-corrected chi connectivity index (χ1v) is 29.8. The van der Waals surface area contributed by atoms with Crippen LogP contribution in [-0.2, 0) is 20.7 Å². The van der Waals surface area contributed by atoms with Gasteiger partial charge in [-0.05, 0) is 126 Å². The average molecular weight is 1180 g/mol. The maximum atomic E-state index is 10.1. The van der Waals surface area contributed by atoms with Gasteiger partial charge in [0, 0.05) is 48.7 Å². The van der Waals surface area contributed by atoms with Gasteiger partial charge in [0.05, 0.1) is 19.8 Å². The van der Waals surface area contributed by atoms with Crippen molar-refractivity contribution in [1.29, 1.82) is 31.6 Å². The van der Waals surface area contributed by atoms with Crippen molar-refractivity contribution in [3.05, 3.63) is 259 Å². The van der Waals surface area contributed by atoms with E-state index in [1.54, 1.807) is 0 Å². The summed E-state index contributed by atoms with van der Waals surface area (Å²) >= 11 is 0. The van der Waals surface area contributed by atoms with Gasteiger partial charge in [0.1, 0.15) is 47.6 Å². The van der Waals surface area contributed by atoms with Crippen molar-refractivity contribution in [2.24, 2.45) is 10.8 Å². The molecule has 0 saturated heterocycles. The second-order valence-corrected chi connectivity index (χ2v) is 23.9. The molecule has 0 radical (unpaired) electrons. The maximum absolute atomic E-state index is 10.1. The van der Waals surface area contributed by atoms with Crippen LogP contribution in [0.25, 0.3) is 12.2 Å². The fraction of sp³-hybridized carbons (Fsp3) is 0.289. The largest absolute Gasteiger partial charge is 0.474 e. The van der Waals surface area contributed by atoms with Crippen LogP contribution in [0.5, 0.6) is 0 Å². The van der Waals surface area contributed by atoms with Gasteiger partial charge in [-0.2, -0.15) is 31.6 Å². The van der Waals surface area contributed by atoms with Gasteiger partial charge in [0.25, 0.3) is 0 Å². The molecule has 2 atom stereocenters. The molecule has 450 valence electrons. The number of hydrogen-bond donors (Lipinski definition) is 3. The number of ether oxygens (including phenoxy) is 2. The monoisotopic (exact) mass is 1180 g/mol. The first-order valence-electron chi connectivity index (χ1n) is 29.8. The third-order valence-corrected chi connectivity index (χ3v) is 16.0. The van der Waals surface area contributed by atoms with E-state index in [9.17, 15) is 46.9 Å². The molecule has 13 heteroatoms. The van der Waals surface area contributed by atoms with Crippen molar-refractivity contribution in [2.45, 2.75) is 85.4 Å². The molecule has 0 saturated carbocycles. The summed E-state index contributed by atoms with van der Waals surface area (Å²) in [6, 6.07) is 47.3. The number of benzene rings is 4. The van der Waals surface area contributed by atoms with Gasteiger partial charge in [-0.25, -0.2) is 0 Å². The van der Waals surface area contributed by atoms with Crippen LogP contribution in [0.1, 0.15) is 96.4 Å². The second kappa shape index (κ2) is 30.4. The highest BCUT2D eigenvalue weighted by Crippen LogP contribution is 2.49. The molecule has 3 N–H and O–H groups in total. The van der Waals surface area contributed by atoms with Crippen LogP contribution in [0.3, 0.4) is 0 Å². The first kappa shape index (κ1) is 66.3. The summed E-state index contributed by atoms with van der Waals surface area (Å²) in [6.07, 6.45) is 28.3. The fourth-order valence-electron chi connectivity index (χ4n) is 11.8. The maximum Gasteiger partial charge on any atom is 0.172 e. The van der Waals surface area contributed by atoms with Gasteiger partial charge in [-0.3, -0.25) is 0 Å². The molecule has 4 aromatic rings. The second-order valence-electron chi connectivity index (χ2n) is 23.9. The zero-order chi connectivity index (χ0) is 64.2. The van der Waals surface area contributed by atoms with Crippen LogP contribution in [0, 0.1) is 78.8 Å². The number of nitrogens with zero attached hydrogens (tertiary/aromatic N) is 8. The molecule has 0 amide bonds. The van der Waals surface area contributed by atoms with Gasteiger partial charge in [-0.15, -0.1) is 0 Å². The van der Waals surface area contributed by atoms with Crippen molar-refractivity contribution in [2.75, 3.05) is 55.8 Å². The van der Waals surface area contributed by atoms with Crippen LogP contribution in [-0.4, -0.2) is 61.3 Å². The van der Waals surface area contributed by atoms with Crippen LogP contribution in [0.15, 0.2) is 237 Å². The molecule has 4 aromatic carbocycles. The molecule has 89 heavy (non-hydrogen) atoms. The van der Waals surface area contributed by atoms with Crippen LogP contribution >= 0.6 is 0 Å². The Balaban J connectivity index is 0.000000254. The molecule has 2 aliphatic carbocycles. The average Bonchev–Trinajstić information content (AvgIpc) is 1.90. The van der Waals surface area contributed by atoms with E-state index in [2.05, 4.69) is 118 Å². The number of aliphatic hydroxyl groups is 3. The predicted molar refractivity (Wildman–Crippen MR) is 350 cm³/mol. The van der Waals surface area contributed by atoms with E-state index in [1.807, 2.05) is 158 Å². The Bertz CT molecular complexity index is 3860. The number of nitriles is 6. The van der Waals surface area contributed by atoms with Crippen molar-refractivity contribution in [1.82, 2.24) is 0 Å². The third-order valence-electron chi connectivity index (χ3n) is 16.0. The molecule has 0 fully saturated rings. The number of rotatable bonds is 19. The minimum absolute atomic E-state index is 0.00908. The molecule has 2 aliphatic heterocycles. The number of allylic oxidation sites excluding steroid dienone is 16. The summed E-state index contributed by atoms with van der Waals surface area (Å²) in [6.45, 7) is 17.4. The zero-order valence-corrected chi connectivity index (χ0v) is 51.8. The summed E-state index contributed by atoms with van der Waals surface area (Å²) in [5.41, 5.74) is 9.72. The van der Waals surface area contributed by atoms with Crippen molar-refractivity contribution < 1.29 is 24.8 Å². The normalized spacial score (nSPS) is 20.2. The van der Waals surface area contributed by atoms with E-state index in [-0.39, 0.29) is 64.5 Å². The van der Waals surface area contributed by atoms with Gasteiger partial charge in [-0.1, -0.05) is 186 Å².